The Morgan fingerprint density at radius 3 is 2.93 bits per heavy atom. The highest BCUT2D eigenvalue weighted by Crippen LogP contribution is 2.13. The van der Waals surface area contributed by atoms with Crippen LogP contribution in [0.3, 0.4) is 0 Å². The van der Waals surface area contributed by atoms with Gasteiger partial charge in [-0.25, -0.2) is 4.98 Å². The first-order chi connectivity index (χ1) is 6.61. The molecule has 1 aromatic rings. The summed E-state index contributed by atoms with van der Waals surface area (Å²) >= 11 is 7.51. The maximum atomic E-state index is 5.72. The number of hydrogen-bond donors (Lipinski definition) is 2. The molecule has 0 aliphatic carbocycles. The van der Waals surface area contributed by atoms with Crippen LogP contribution in [-0.2, 0) is 0 Å². The maximum Gasteiger partial charge on any atom is 0.223 e. The van der Waals surface area contributed by atoms with Crippen LogP contribution in [-0.4, -0.2) is 28.0 Å². The van der Waals surface area contributed by atoms with Crippen LogP contribution in [0.1, 0.15) is 6.92 Å². The van der Waals surface area contributed by atoms with Gasteiger partial charge in [0.1, 0.15) is 11.0 Å². The van der Waals surface area contributed by atoms with Crippen molar-refractivity contribution < 1.29 is 0 Å². The van der Waals surface area contributed by atoms with Gasteiger partial charge in [-0.1, -0.05) is 18.5 Å². The van der Waals surface area contributed by atoms with E-state index in [9.17, 15) is 0 Å². The molecule has 0 fully saturated rings. The summed E-state index contributed by atoms with van der Waals surface area (Å²) in [5.74, 6) is 0.861. The van der Waals surface area contributed by atoms with Gasteiger partial charge in [0, 0.05) is 17.9 Å². The molecule has 3 N–H and O–H groups in total. The van der Waals surface area contributed by atoms with E-state index in [0.29, 0.717) is 16.2 Å². The smallest absolute Gasteiger partial charge is 0.223 e. The number of thioether (sulfide) groups is 1. The van der Waals surface area contributed by atoms with Gasteiger partial charge in [0.15, 0.2) is 0 Å². The summed E-state index contributed by atoms with van der Waals surface area (Å²) in [6.45, 7) is 2.96. The van der Waals surface area contributed by atoms with Gasteiger partial charge in [-0.15, -0.1) is 0 Å². The molecule has 0 aliphatic heterocycles. The molecule has 0 bridgehead atoms. The molecule has 14 heavy (non-hydrogen) atoms. The number of aromatic nitrogens is 2. The number of nitrogens with two attached hydrogens (primary N) is 1. The second kappa shape index (κ2) is 5.26. The van der Waals surface area contributed by atoms with Crippen molar-refractivity contribution in [1.29, 1.82) is 0 Å². The number of nitrogen functional groups attached to an aromatic ring is 1. The van der Waals surface area contributed by atoms with Crippen LogP contribution < -0.4 is 11.1 Å². The number of anilines is 2. The molecule has 1 atom stereocenters. The normalized spacial score (nSPS) is 12.5. The van der Waals surface area contributed by atoms with Crippen LogP contribution in [0.25, 0.3) is 0 Å². The van der Waals surface area contributed by atoms with Crippen LogP contribution in [0, 0.1) is 0 Å². The topological polar surface area (TPSA) is 63.8 Å². The lowest BCUT2D eigenvalue weighted by Gasteiger charge is -2.10. The molecule has 1 aromatic heterocycles. The number of nitrogens with zero attached hydrogens (tertiary/aromatic N) is 2. The van der Waals surface area contributed by atoms with Gasteiger partial charge < -0.3 is 11.1 Å². The number of nitrogens with one attached hydrogen (secondary N) is 1. The molecule has 0 saturated carbocycles. The average Bonchev–Trinajstić information content (AvgIpc) is 2.12. The van der Waals surface area contributed by atoms with Crippen molar-refractivity contribution in [1.82, 2.24) is 9.97 Å². The molecule has 0 radical (unpaired) electrons. The Labute approximate surface area is 92.6 Å². The summed E-state index contributed by atoms with van der Waals surface area (Å²) in [5, 5.41) is 4.02. The van der Waals surface area contributed by atoms with Crippen LogP contribution in [0.15, 0.2) is 6.07 Å². The number of hydrogen-bond acceptors (Lipinski definition) is 5. The molecule has 0 saturated heterocycles. The van der Waals surface area contributed by atoms with Crippen molar-refractivity contribution in [3.8, 4) is 0 Å². The predicted molar refractivity (Wildman–Crippen MR) is 62.9 cm³/mol. The van der Waals surface area contributed by atoms with E-state index in [1.807, 2.05) is 0 Å². The minimum atomic E-state index is 0.191. The number of rotatable bonds is 4. The van der Waals surface area contributed by atoms with Crippen LogP contribution >= 0.6 is 23.4 Å². The van der Waals surface area contributed by atoms with Gasteiger partial charge in [0.05, 0.1) is 0 Å². The quantitative estimate of drug-likeness (QED) is 0.777. The van der Waals surface area contributed by atoms with E-state index in [4.69, 9.17) is 17.3 Å². The van der Waals surface area contributed by atoms with Crippen molar-refractivity contribution >= 4 is 35.1 Å². The van der Waals surface area contributed by atoms with Gasteiger partial charge in [-0.3, -0.25) is 0 Å². The third-order valence-electron chi connectivity index (χ3n) is 1.69. The molecule has 0 aromatic carbocycles. The summed E-state index contributed by atoms with van der Waals surface area (Å²) in [6.07, 6.45) is 2.06. The summed E-state index contributed by atoms with van der Waals surface area (Å²) < 4.78 is 0. The molecule has 4 nitrogen and oxygen atoms in total. The molecule has 6 heteroatoms. The highest BCUT2D eigenvalue weighted by atomic mass is 35.5. The lowest BCUT2D eigenvalue weighted by atomic mass is 10.4. The Morgan fingerprint density at radius 1 is 1.64 bits per heavy atom. The molecule has 1 rings (SSSR count). The molecule has 0 amide bonds. The fraction of sp³-hybridized carbons (Fsp3) is 0.500. The van der Waals surface area contributed by atoms with Crippen LogP contribution in [0.5, 0.6) is 0 Å². The molecule has 1 unspecified atom stereocenters. The maximum absolute atomic E-state index is 5.72. The zero-order valence-electron chi connectivity index (χ0n) is 8.12. The summed E-state index contributed by atoms with van der Waals surface area (Å²) in [5.41, 5.74) is 5.45. The molecule has 78 valence electrons. The average molecular weight is 233 g/mol. The second-order valence-corrected chi connectivity index (χ2v) is 4.52. The highest BCUT2D eigenvalue weighted by Gasteiger charge is 2.02. The van der Waals surface area contributed by atoms with Crippen molar-refractivity contribution in [2.24, 2.45) is 0 Å². The van der Waals surface area contributed by atoms with Crippen LogP contribution in [0.4, 0.5) is 11.8 Å². The van der Waals surface area contributed by atoms with Crippen molar-refractivity contribution in [2.75, 3.05) is 23.9 Å². The Kier molecular flexibility index (Phi) is 4.28. The highest BCUT2D eigenvalue weighted by molar-refractivity contribution is 7.99. The minimum Gasteiger partial charge on any atom is -0.369 e. The van der Waals surface area contributed by atoms with Gasteiger partial charge in [-0.2, -0.15) is 16.7 Å². The van der Waals surface area contributed by atoms with E-state index in [1.165, 1.54) is 0 Å². The van der Waals surface area contributed by atoms with E-state index in [1.54, 1.807) is 17.8 Å². The van der Waals surface area contributed by atoms with E-state index < -0.39 is 0 Å². The molecule has 0 aliphatic rings. The Hall–Kier alpha value is -0.680. The molecular formula is C8H13ClN4S. The molecule has 0 spiro atoms. The minimum absolute atomic E-state index is 0.191. The third-order valence-corrected chi connectivity index (χ3v) is 2.85. The lowest BCUT2D eigenvalue weighted by Crippen LogP contribution is -2.14. The van der Waals surface area contributed by atoms with E-state index in [2.05, 4.69) is 28.5 Å². The molecular weight excluding hydrogens is 220 g/mol. The zero-order chi connectivity index (χ0) is 10.6. The lowest BCUT2D eigenvalue weighted by molar-refractivity contribution is 0.988. The SMILES string of the molecule is CSC(C)CNc1cc(Cl)nc(N)n1. The van der Waals surface area contributed by atoms with Gasteiger partial charge in [0.25, 0.3) is 0 Å². The van der Waals surface area contributed by atoms with Crippen molar-refractivity contribution in [2.45, 2.75) is 12.2 Å². The van der Waals surface area contributed by atoms with Gasteiger partial charge >= 0.3 is 0 Å². The molecule has 1 heterocycles. The van der Waals surface area contributed by atoms with Gasteiger partial charge in [0.2, 0.25) is 5.95 Å². The Morgan fingerprint density at radius 2 is 2.36 bits per heavy atom. The third kappa shape index (κ3) is 3.59. The first kappa shape index (κ1) is 11.4. The first-order valence-electron chi connectivity index (χ1n) is 4.18. The predicted octanol–water partition coefficient (Wildman–Crippen LogP) is 1.88. The number of halogens is 1. The summed E-state index contributed by atoms with van der Waals surface area (Å²) in [7, 11) is 0. The second-order valence-electron chi connectivity index (χ2n) is 2.86. The zero-order valence-corrected chi connectivity index (χ0v) is 9.69. The first-order valence-corrected chi connectivity index (χ1v) is 5.85. The van der Waals surface area contributed by atoms with Gasteiger partial charge in [-0.05, 0) is 6.26 Å². The monoisotopic (exact) mass is 232 g/mol. The standard InChI is InChI=1S/C8H13ClN4S/c1-5(14-2)4-11-7-3-6(9)12-8(10)13-7/h3,5H,4H2,1-2H3,(H3,10,11,12,13). The van der Waals surface area contributed by atoms with E-state index in [0.717, 1.165) is 6.54 Å². The van der Waals surface area contributed by atoms with Crippen molar-refractivity contribution in [3.63, 3.8) is 0 Å². The van der Waals surface area contributed by atoms with Crippen molar-refractivity contribution in [3.05, 3.63) is 11.2 Å². The fourth-order valence-electron chi connectivity index (χ4n) is 0.857. The van der Waals surface area contributed by atoms with E-state index >= 15 is 0 Å². The largest absolute Gasteiger partial charge is 0.369 e. The summed E-state index contributed by atoms with van der Waals surface area (Å²) in [6, 6.07) is 1.66. The van der Waals surface area contributed by atoms with E-state index in [-0.39, 0.29) is 5.95 Å². The summed E-state index contributed by atoms with van der Waals surface area (Å²) in [4.78, 5) is 7.77. The van der Waals surface area contributed by atoms with Crippen LogP contribution in [0.2, 0.25) is 5.15 Å². The Bertz CT molecular complexity index is 287. The fourth-order valence-corrected chi connectivity index (χ4v) is 1.30. The Balaban J connectivity index is 2.58.